The van der Waals surface area contributed by atoms with Crippen LogP contribution >= 0.6 is 0 Å². The summed E-state index contributed by atoms with van der Waals surface area (Å²) in [5.41, 5.74) is -0.649. The lowest BCUT2D eigenvalue weighted by molar-refractivity contribution is -0.151. The molecule has 6 heteroatoms. The SMILES string of the molecule is CCC1(C(=O)O)CCN(C(=O)NCCOCC2CC2)CC1. The highest BCUT2D eigenvalue weighted by Gasteiger charge is 2.40. The summed E-state index contributed by atoms with van der Waals surface area (Å²) in [7, 11) is 0. The number of urea groups is 1. The van der Waals surface area contributed by atoms with Crippen LogP contribution in [0.1, 0.15) is 39.0 Å². The maximum Gasteiger partial charge on any atom is 0.317 e. The van der Waals surface area contributed by atoms with Crippen LogP contribution in [0.15, 0.2) is 0 Å². The smallest absolute Gasteiger partial charge is 0.317 e. The minimum atomic E-state index is -0.737. The van der Waals surface area contributed by atoms with Crippen LogP contribution in [0.25, 0.3) is 0 Å². The molecule has 2 N–H and O–H groups in total. The van der Waals surface area contributed by atoms with Crippen molar-refractivity contribution < 1.29 is 19.4 Å². The average Bonchev–Trinajstić information content (AvgIpc) is 3.30. The van der Waals surface area contributed by atoms with E-state index in [4.69, 9.17) is 4.74 Å². The minimum absolute atomic E-state index is 0.111. The topological polar surface area (TPSA) is 78.9 Å². The Morgan fingerprint density at radius 1 is 1.33 bits per heavy atom. The Bertz CT molecular complexity index is 374. The second-order valence-electron chi connectivity index (χ2n) is 6.18. The Labute approximate surface area is 125 Å². The van der Waals surface area contributed by atoms with Gasteiger partial charge < -0.3 is 20.1 Å². The molecule has 0 aromatic rings. The number of ether oxygens (including phenoxy) is 1. The third kappa shape index (κ3) is 4.33. The summed E-state index contributed by atoms with van der Waals surface area (Å²) in [5.74, 6) is -0.000448. The molecule has 2 amide bonds. The average molecular weight is 298 g/mol. The van der Waals surface area contributed by atoms with Gasteiger partial charge in [0.05, 0.1) is 12.0 Å². The Morgan fingerprint density at radius 3 is 2.52 bits per heavy atom. The summed E-state index contributed by atoms with van der Waals surface area (Å²) < 4.78 is 5.47. The molecular weight excluding hydrogens is 272 g/mol. The zero-order valence-electron chi connectivity index (χ0n) is 12.8. The van der Waals surface area contributed by atoms with E-state index in [-0.39, 0.29) is 6.03 Å². The monoisotopic (exact) mass is 298 g/mol. The molecule has 0 unspecified atom stereocenters. The summed E-state index contributed by atoms with van der Waals surface area (Å²) in [5, 5.41) is 12.2. The van der Waals surface area contributed by atoms with Gasteiger partial charge in [-0.05, 0) is 38.0 Å². The molecule has 0 bridgehead atoms. The number of hydrogen-bond acceptors (Lipinski definition) is 3. The van der Waals surface area contributed by atoms with Crippen molar-refractivity contribution in [2.24, 2.45) is 11.3 Å². The lowest BCUT2D eigenvalue weighted by Gasteiger charge is -2.38. The van der Waals surface area contributed by atoms with Gasteiger partial charge in [-0.15, -0.1) is 0 Å². The number of carboxylic acids is 1. The molecule has 21 heavy (non-hydrogen) atoms. The summed E-state index contributed by atoms with van der Waals surface area (Å²) in [6.07, 6.45) is 4.22. The molecule has 0 aromatic carbocycles. The Hall–Kier alpha value is -1.30. The van der Waals surface area contributed by atoms with E-state index in [0.717, 1.165) is 12.5 Å². The van der Waals surface area contributed by atoms with Crippen LogP contribution in [0.5, 0.6) is 0 Å². The predicted octanol–water partition coefficient (Wildman–Crippen LogP) is 1.70. The number of nitrogens with zero attached hydrogens (tertiary/aromatic N) is 1. The molecule has 2 fully saturated rings. The number of rotatable bonds is 7. The molecule has 0 aromatic heterocycles. The van der Waals surface area contributed by atoms with E-state index in [1.165, 1.54) is 12.8 Å². The number of carbonyl (C=O) groups excluding carboxylic acids is 1. The van der Waals surface area contributed by atoms with Gasteiger partial charge in [-0.1, -0.05) is 6.92 Å². The van der Waals surface area contributed by atoms with Crippen LogP contribution < -0.4 is 5.32 Å². The Kier molecular flexibility index (Phi) is 5.45. The van der Waals surface area contributed by atoms with Gasteiger partial charge in [-0.25, -0.2) is 4.79 Å². The zero-order valence-corrected chi connectivity index (χ0v) is 12.8. The van der Waals surface area contributed by atoms with Gasteiger partial charge in [0.15, 0.2) is 0 Å². The number of carbonyl (C=O) groups is 2. The molecular formula is C15H26N2O4. The number of amides is 2. The summed E-state index contributed by atoms with van der Waals surface area (Å²) in [6.45, 7) is 4.78. The normalized spacial score (nSPS) is 21.1. The lowest BCUT2D eigenvalue weighted by atomic mass is 9.76. The molecule has 0 spiro atoms. The van der Waals surface area contributed by atoms with E-state index in [0.29, 0.717) is 45.5 Å². The molecule has 1 aliphatic carbocycles. The van der Waals surface area contributed by atoms with Crippen molar-refractivity contribution in [2.75, 3.05) is 32.8 Å². The van der Waals surface area contributed by atoms with Crippen molar-refractivity contribution in [1.29, 1.82) is 0 Å². The van der Waals surface area contributed by atoms with Gasteiger partial charge in [0.2, 0.25) is 0 Å². The minimum Gasteiger partial charge on any atom is -0.481 e. The van der Waals surface area contributed by atoms with Crippen molar-refractivity contribution in [3.8, 4) is 0 Å². The van der Waals surface area contributed by atoms with Gasteiger partial charge in [0.1, 0.15) is 0 Å². The molecule has 1 heterocycles. The second-order valence-corrected chi connectivity index (χ2v) is 6.18. The van der Waals surface area contributed by atoms with Gasteiger partial charge in [-0.3, -0.25) is 4.79 Å². The fourth-order valence-electron chi connectivity index (χ4n) is 2.73. The molecule has 1 saturated carbocycles. The number of aliphatic carboxylic acids is 1. The van der Waals surface area contributed by atoms with Crippen molar-refractivity contribution in [2.45, 2.75) is 39.0 Å². The van der Waals surface area contributed by atoms with Crippen molar-refractivity contribution >= 4 is 12.0 Å². The number of hydrogen-bond donors (Lipinski definition) is 2. The third-order valence-corrected chi connectivity index (χ3v) is 4.71. The third-order valence-electron chi connectivity index (χ3n) is 4.71. The molecule has 1 saturated heterocycles. The Morgan fingerprint density at radius 2 is 2.00 bits per heavy atom. The summed E-state index contributed by atoms with van der Waals surface area (Å²) in [4.78, 5) is 25.0. The lowest BCUT2D eigenvalue weighted by Crippen LogP contribution is -2.49. The highest BCUT2D eigenvalue weighted by atomic mass is 16.5. The van der Waals surface area contributed by atoms with E-state index in [1.807, 2.05) is 6.92 Å². The van der Waals surface area contributed by atoms with Crippen LogP contribution in [0, 0.1) is 11.3 Å². The van der Waals surface area contributed by atoms with Gasteiger partial charge >= 0.3 is 12.0 Å². The number of nitrogens with one attached hydrogen (secondary N) is 1. The first kappa shape index (κ1) is 16.1. The predicted molar refractivity (Wildman–Crippen MR) is 78.1 cm³/mol. The van der Waals surface area contributed by atoms with E-state index >= 15 is 0 Å². The van der Waals surface area contributed by atoms with Crippen LogP contribution in [-0.2, 0) is 9.53 Å². The summed E-state index contributed by atoms with van der Waals surface area (Å²) in [6, 6.07) is -0.111. The summed E-state index contributed by atoms with van der Waals surface area (Å²) >= 11 is 0. The number of likely N-dealkylation sites (tertiary alicyclic amines) is 1. The standard InChI is InChI=1S/C15H26N2O4/c1-2-15(13(18)19)5-8-17(9-6-15)14(20)16-7-10-21-11-12-3-4-12/h12H,2-11H2,1H3,(H,16,20)(H,18,19). The highest BCUT2D eigenvalue weighted by molar-refractivity contribution is 5.77. The van der Waals surface area contributed by atoms with Crippen LogP contribution in [0.4, 0.5) is 4.79 Å². The van der Waals surface area contributed by atoms with E-state index in [1.54, 1.807) is 4.90 Å². The molecule has 6 nitrogen and oxygen atoms in total. The van der Waals surface area contributed by atoms with Gasteiger partial charge in [-0.2, -0.15) is 0 Å². The van der Waals surface area contributed by atoms with E-state index < -0.39 is 11.4 Å². The fraction of sp³-hybridized carbons (Fsp3) is 0.867. The van der Waals surface area contributed by atoms with E-state index in [2.05, 4.69) is 5.32 Å². The van der Waals surface area contributed by atoms with Crippen LogP contribution in [0.3, 0.4) is 0 Å². The molecule has 1 aliphatic heterocycles. The van der Waals surface area contributed by atoms with Crippen molar-refractivity contribution in [3.63, 3.8) is 0 Å². The largest absolute Gasteiger partial charge is 0.481 e. The zero-order chi connectivity index (χ0) is 15.3. The van der Waals surface area contributed by atoms with Crippen molar-refractivity contribution in [1.82, 2.24) is 10.2 Å². The van der Waals surface area contributed by atoms with Crippen LogP contribution in [-0.4, -0.2) is 54.9 Å². The first-order chi connectivity index (χ1) is 10.1. The Balaban J connectivity index is 1.63. The molecule has 0 atom stereocenters. The maximum atomic E-state index is 12.0. The van der Waals surface area contributed by atoms with Gasteiger partial charge in [0.25, 0.3) is 0 Å². The quantitative estimate of drug-likeness (QED) is 0.701. The maximum absolute atomic E-state index is 12.0. The molecule has 120 valence electrons. The van der Waals surface area contributed by atoms with Crippen LogP contribution in [0.2, 0.25) is 0 Å². The van der Waals surface area contributed by atoms with E-state index in [9.17, 15) is 14.7 Å². The molecule has 0 radical (unpaired) electrons. The molecule has 2 rings (SSSR count). The first-order valence-corrected chi connectivity index (χ1v) is 7.91. The van der Waals surface area contributed by atoms with Crippen molar-refractivity contribution in [3.05, 3.63) is 0 Å². The fourth-order valence-corrected chi connectivity index (χ4v) is 2.73. The second kappa shape index (κ2) is 7.11. The molecule has 2 aliphatic rings. The highest BCUT2D eigenvalue weighted by Crippen LogP contribution is 2.35. The number of carboxylic acid groups (broad SMARTS) is 1. The number of piperidine rings is 1. The van der Waals surface area contributed by atoms with Gasteiger partial charge in [0, 0.05) is 26.2 Å². The first-order valence-electron chi connectivity index (χ1n) is 7.91.